The van der Waals surface area contributed by atoms with E-state index in [0.29, 0.717) is 11.3 Å². The molecule has 27 heavy (non-hydrogen) atoms. The third-order valence-electron chi connectivity index (χ3n) is 5.47. The highest BCUT2D eigenvalue weighted by Crippen LogP contribution is 2.52. The molecule has 0 saturated heterocycles. The summed E-state index contributed by atoms with van der Waals surface area (Å²) in [5.74, 6) is 0. The van der Waals surface area contributed by atoms with E-state index in [0.717, 1.165) is 28.1 Å². The molecule has 2 heterocycles. The van der Waals surface area contributed by atoms with E-state index in [1.807, 2.05) is 73.7 Å². The normalized spacial score (nSPS) is 21.9. The molecule has 0 aliphatic carbocycles. The summed E-state index contributed by atoms with van der Waals surface area (Å²) in [6.45, 7) is 2.01. The standard InChI is InChI=1S/C22H20N2O2S/c1-15-11-12-22-18(13-15)21-14-19(23-16-7-3-2-4-8-16)17-9-5-6-10-20(17)24(21)27(22,25)26/h2-13,19,21,23H,14H2,1H3/t19-,21-/m0/s1. The van der Waals surface area contributed by atoms with Crippen LogP contribution in [-0.2, 0) is 10.0 Å². The van der Waals surface area contributed by atoms with Crippen molar-refractivity contribution in [3.05, 3.63) is 89.5 Å². The monoisotopic (exact) mass is 376 g/mol. The van der Waals surface area contributed by atoms with E-state index in [9.17, 15) is 8.42 Å². The predicted molar refractivity (Wildman–Crippen MR) is 107 cm³/mol. The lowest BCUT2D eigenvalue weighted by molar-refractivity contribution is 0.545. The van der Waals surface area contributed by atoms with Crippen molar-refractivity contribution in [1.29, 1.82) is 0 Å². The van der Waals surface area contributed by atoms with Gasteiger partial charge in [-0.2, -0.15) is 0 Å². The first kappa shape index (κ1) is 16.4. The molecule has 0 aromatic heterocycles. The lowest BCUT2D eigenvalue weighted by atomic mass is 9.89. The first-order valence-electron chi connectivity index (χ1n) is 9.11. The van der Waals surface area contributed by atoms with Gasteiger partial charge in [0.2, 0.25) is 0 Å². The summed E-state index contributed by atoms with van der Waals surface area (Å²) >= 11 is 0. The van der Waals surface area contributed by atoms with E-state index >= 15 is 0 Å². The largest absolute Gasteiger partial charge is 0.378 e. The average Bonchev–Trinajstić information content (AvgIpc) is 2.89. The number of hydrogen-bond acceptors (Lipinski definition) is 3. The Bertz CT molecular complexity index is 1130. The molecular weight excluding hydrogens is 356 g/mol. The SMILES string of the molecule is Cc1ccc2c(c1)[C@@H]1C[C@H](Nc3ccccc3)c3ccccc3N1S2(=O)=O. The Morgan fingerprint density at radius 2 is 1.67 bits per heavy atom. The zero-order valence-electron chi connectivity index (χ0n) is 15.0. The van der Waals surface area contributed by atoms with Crippen LogP contribution in [0.3, 0.4) is 0 Å². The van der Waals surface area contributed by atoms with Crippen LogP contribution in [0.5, 0.6) is 0 Å². The maximum absolute atomic E-state index is 13.3. The minimum absolute atomic E-state index is 0.0477. The Hall–Kier alpha value is -2.79. The first-order valence-corrected chi connectivity index (χ1v) is 10.6. The van der Waals surface area contributed by atoms with Crippen LogP contribution >= 0.6 is 0 Å². The molecule has 3 aromatic rings. The zero-order valence-corrected chi connectivity index (χ0v) is 15.8. The molecule has 0 fully saturated rings. The summed E-state index contributed by atoms with van der Waals surface area (Å²) in [6.07, 6.45) is 0.696. The van der Waals surface area contributed by atoms with Gasteiger partial charge < -0.3 is 5.32 Å². The third kappa shape index (κ3) is 2.46. The van der Waals surface area contributed by atoms with Crippen molar-refractivity contribution >= 4 is 21.4 Å². The summed E-state index contributed by atoms with van der Waals surface area (Å²) in [5.41, 5.74) is 4.82. The van der Waals surface area contributed by atoms with Crippen molar-refractivity contribution in [2.24, 2.45) is 0 Å². The van der Waals surface area contributed by atoms with Gasteiger partial charge in [-0.05, 0) is 48.7 Å². The number of fused-ring (bicyclic) bond motifs is 5. The number of aryl methyl sites for hydroxylation is 1. The fourth-order valence-electron chi connectivity index (χ4n) is 4.29. The smallest absolute Gasteiger partial charge is 0.265 e. The van der Waals surface area contributed by atoms with Crippen molar-refractivity contribution < 1.29 is 8.42 Å². The molecule has 0 saturated carbocycles. The van der Waals surface area contributed by atoms with E-state index in [1.165, 1.54) is 0 Å². The first-order chi connectivity index (χ1) is 13.1. The second-order valence-electron chi connectivity index (χ2n) is 7.22. The molecule has 5 heteroatoms. The molecule has 0 spiro atoms. The summed E-state index contributed by atoms with van der Waals surface area (Å²) < 4.78 is 28.1. The quantitative estimate of drug-likeness (QED) is 0.699. The molecule has 0 bridgehead atoms. The fourth-order valence-corrected chi connectivity index (χ4v) is 6.19. The molecule has 4 nitrogen and oxygen atoms in total. The summed E-state index contributed by atoms with van der Waals surface area (Å²) in [5, 5.41) is 3.60. The zero-order chi connectivity index (χ0) is 18.6. The molecule has 1 N–H and O–H groups in total. The molecule has 3 aromatic carbocycles. The lowest BCUT2D eigenvalue weighted by Gasteiger charge is -2.37. The van der Waals surface area contributed by atoms with Gasteiger partial charge in [0.25, 0.3) is 10.0 Å². The van der Waals surface area contributed by atoms with Gasteiger partial charge in [0.1, 0.15) is 0 Å². The Morgan fingerprint density at radius 3 is 2.48 bits per heavy atom. The molecule has 2 aliphatic rings. The van der Waals surface area contributed by atoms with Crippen molar-refractivity contribution in [3.8, 4) is 0 Å². The van der Waals surface area contributed by atoms with Gasteiger partial charge in [-0.1, -0.05) is 54.1 Å². The number of hydrogen-bond donors (Lipinski definition) is 1. The molecule has 5 rings (SSSR count). The Kier molecular flexibility index (Phi) is 3.56. The number of benzene rings is 3. The van der Waals surface area contributed by atoms with Gasteiger partial charge in [-0.25, -0.2) is 8.42 Å². The number of para-hydroxylation sites is 2. The highest BCUT2D eigenvalue weighted by Gasteiger charge is 2.47. The number of nitrogens with zero attached hydrogens (tertiary/aromatic N) is 1. The van der Waals surface area contributed by atoms with E-state index < -0.39 is 10.0 Å². The van der Waals surface area contributed by atoms with Crippen LogP contribution in [0.2, 0.25) is 0 Å². The minimum atomic E-state index is -3.53. The number of rotatable bonds is 2. The van der Waals surface area contributed by atoms with Gasteiger partial charge in [0.15, 0.2) is 0 Å². The fraction of sp³-hybridized carbons (Fsp3) is 0.182. The van der Waals surface area contributed by atoms with Crippen molar-refractivity contribution in [2.45, 2.75) is 30.3 Å². The number of nitrogens with one attached hydrogen (secondary N) is 1. The van der Waals surface area contributed by atoms with Gasteiger partial charge in [0.05, 0.1) is 22.7 Å². The molecule has 0 amide bonds. The van der Waals surface area contributed by atoms with Crippen LogP contribution < -0.4 is 9.62 Å². The number of anilines is 2. The van der Waals surface area contributed by atoms with E-state index in [2.05, 4.69) is 5.32 Å². The minimum Gasteiger partial charge on any atom is -0.378 e. The van der Waals surface area contributed by atoms with Crippen LogP contribution in [0.25, 0.3) is 0 Å². The molecule has 136 valence electrons. The lowest BCUT2D eigenvalue weighted by Crippen LogP contribution is -2.35. The van der Waals surface area contributed by atoms with Gasteiger partial charge >= 0.3 is 0 Å². The second-order valence-corrected chi connectivity index (χ2v) is 9.00. The Labute approximate surface area is 159 Å². The van der Waals surface area contributed by atoms with Crippen LogP contribution in [0.15, 0.2) is 77.7 Å². The summed E-state index contributed by atoms with van der Waals surface area (Å²) in [6, 6.07) is 23.4. The molecule has 2 aliphatic heterocycles. The van der Waals surface area contributed by atoms with Gasteiger partial charge in [-0.3, -0.25) is 4.31 Å². The van der Waals surface area contributed by atoms with E-state index in [1.54, 1.807) is 10.4 Å². The molecular formula is C22H20N2O2S. The summed E-state index contributed by atoms with van der Waals surface area (Å²) in [4.78, 5) is 0.438. The molecule has 2 atom stereocenters. The Morgan fingerprint density at radius 1 is 0.926 bits per heavy atom. The highest BCUT2D eigenvalue weighted by molar-refractivity contribution is 7.93. The molecule has 0 unspecified atom stereocenters. The van der Waals surface area contributed by atoms with Crippen molar-refractivity contribution in [3.63, 3.8) is 0 Å². The second kappa shape index (κ2) is 5.86. The van der Waals surface area contributed by atoms with E-state index in [4.69, 9.17) is 0 Å². The van der Waals surface area contributed by atoms with Crippen LogP contribution in [-0.4, -0.2) is 8.42 Å². The topological polar surface area (TPSA) is 49.4 Å². The average molecular weight is 376 g/mol. The third-order valence-corrected chi connectivity index (χ3v) is 7.36. The number of sulfonamides is 1. The van der Waals surface area contributed by atoms with Crippen molar-refractivity contribution in [2.75, 3.05) is 9.62 Å². The predicted octanol–water partition coefficient (Wildman–Crippen LogP) is 4.80. The van der Waals surface area contributed by atoms with Gasteiger partial charge in [0, 0.05) is 5.69 Å². The molecule has 0 radical (unpaired) electrons. The maximum Gasteiger partial charge on any atom is 0.265 e. The maximum atomic E-state index is 13.3. The van der Waals surface area contributed by atoms with Crippen molar-refractivity contribution in [1.82, 2.24) is 0 Å². The van der Waals surface area contributed by atoms with E-state index in [-0.39, 0.29) is 12.1 Å². The van der Waals surface area contributed by atoms with Gasteiger partial charge in [-0.15, -0.1) is 0 Å². The van der Waals surface area contributed by atoms with Crippen LogP contribution in [0, 0.1) is 6.92 Å². The Balaban J connectivity index is 1.66. The summed E-state index contributed by atoms with van der Waals surface area (Å²) in [7, 11) is -3.53. The van der Waals surface area contributed by atoms with Crippen LogP contribution in [0.1, 0.15) is 35.2 Å². The van der Waals surface area contributed by atoms with Crippen LogP contribution in [0.4, 0.5) is 11.4 Å². The highest BCUT2D eigenvalue weighted by atomic mass is 32.2.